The van der Waals surface area contributed by atoms with Gasteiger partial charge >= 0.3 is 0 Å². The molecule has 0 spiro atoms. The van der Waals surface area contributed by atoms with E-state index in [1.54, 1.807) is 19.0 Å². The van der Waals surface area contributed by atoms with Crippen LogP contribution in [0.2, 0.25) is 0 Å². The minimum absolute atomic E-state index is 0.0261. The van der Waals surface area contributed by atoms with Gasteiger partial charge in [-0.2, -0.15) is 0 Å². The van der Waals surface area contributed by atoms with Gasteiger partial charge in [0.05, 0.1) is 90.1 Å². The molecule has 0 aliphatic carbocycles. The van der Waals surface area contributed by atoms with E-state index in [-0.39, 0.29) is 39.0 Å². The summed E-state index contributed by atoms with van der Waals surface area (Å²) in [6, 6.07) is -1.49. The fourth-order valence-electron chi connectivity index (χ4n) is 8.57. The molecule has 1 unspecified atom stereocenters. The van der Waals surface area contributed by atoms with Gasteiger partial charge in [0.15, 0.2) is 0 Å². The molecule has 0 aliphatic rings. The van der Waals surface area contributed by atoms with Gasteiger partial charge in [0, 0.05) is 88.7 Å². The van der Waals surface area contributed by atoms with Crippen molar-refractivity contribution in [3.8, 4) is 0 Å². The molecule has 0 aromatic rings. The summed E-state index contributed by atoms with van der Waals surface area (Å²) < 4.78 is 4.74. The van der Waals surface area contributed by atoms with Crippen LogP contribution in [0.25, 0.3) is 0 Å². The molecule has 0 aliphatic heterocycles. The molecular formula is C52H102N10O27. The number of likely N-dealkylation sites (N-methyl/N-ethyl adjacent to an activating group) is 7. The second-order valence-corrected chi connectivity index (χ2v) is 22.4. The molecule has 37 nitrogen and oxygen atoms in total. The van der Waals surface area contributed by atoms with Gasteiger partial charge in [-0.25, -0.2) is 0 Å². The summed E-state index contributed by atoms with van der Waals surface area (Å²) in [5.74, 6) is -5.22. The number of nitrogens with one attached hydrogen (secondary N) is 1. The number of aliphatic hydroxyl groups is 19. The van der Waals surface area contributed by atoms with Crippen LogP contribution in [-0.2, 0) is 38.3 Å². The predicted octanol–water partition coefficient (Wildman–Crippen LogP) is -15.4. The first kappa shape index (κ1) is 84.4. The fraction of sp³-hybridized carbons (Fsp3) is 0.865. The second kappa shape index (κ2) is 42.5. The summed E-state index contributed by atoms with van der Waals surface area (Å²) >= 11 is 0. The number of nitrogens with zero attached hydrogens (tertiary/aromatic N) is 9. The lowest BCUT2D eigenvalue weighted by Gasteiger charge is -2.35. The minimum atomic E-state index is -2.13. The molecule has 37 heteroatoms. The maximum absolute atomic E-state index is 14.4. The molecule has 0 aromatic heterocycles. The maximum atomic E-state index is 14.4. The van der Waals surface area contributed by atoms with Crippen molar-refractivity contribution in [2.45, 2.75) is 117 Å². The number of rotatable bonds is 46. The first-order valence-corrected chi connectivity index (χ1v) is 28.4. The third-order valence-electron chi connectivity index (χ3n) is 14.5. The molecule has 0 saturated heterocycles. The number of hydrogen-bond acceptors (Lipinski definition) is 30. The predicted molar refractivity (Wildman–Crippen MR) is 308 cm³/mol. The lowest BCUT2D eigenvalue weighted by atomic mass is 10.0. The zero-order chi connectivity index (χ0) is 68.9. The van der Waals surface area contributed by atoms with Gasteiger partial charge in [-0.3, -0.25) is 43.4 Å². The molecule has 0 bridgehead atoms. The standard InChI is InChI=1S/C52H102N10O27/c1-54(2)20-39(75)56(4)22-41(77)58(6)24-43(79)60(8)29(11-10-13-61(15-30(66)44(80)48(84)34(70)25-63)16-31(67)45(81)49(85)35(71)26-64)52(88)59(7)23-42(78)57(5)21-40(76)55(3)19-38(74)53-12-14-62(17-32(68)46(82)50(86)36(72)27-65)18-33(69)47(83)51(87)37(73)28-89-9/h29-37,44-51,63-73,80-87H,10-28H2,1-9H3,(H,53,74)/t29?,30-,31-,32-,33-,34+,35+,36+,37+,44+,45+,46+,47+,48+,49+,50+,51+/m0/s1. The number of ether oxygens (including phenoxy) is 1. The Labute approximate surface area is 516 Å². The topological polar surface area (TPSA) is 554 Å². The van der Waals surface area contributed by atoms with E-state index in [0.29, 0.717) is 0 Å². The van der Waals surface area contributed by atoms with E-state index in [1.165, 1.54) is 49.4 Å². The Morgan fingerprint density at radius 2 is 0.685 bits per heavy atom. The lowest BCUT2D eigenvalue weighted by Crippen LogP contribution is -2.54. The number of methoxy groups -OCH3 is 1. The third kappa shape index (κ3) is 29.7. The summed E-state index contributed by atoms with van der Waals surface area (Å²) in [5.41, 5.74) is 0. The van der Waals surface area contributed by atoms with E-state index >= 15 is 0 Å². The van der Waals surface area contributed by atoms with Crippen LogP contribution in [0.3, 0.4) is 0 Å². The Balaban J connectivity index is 6.53. The molecule has 89 heavy (non-hydrogen) atoms. The van der Waals surface area contributed by atoms with Crippen molar-refractivity contribution >= 4 is 41.4 Å². The summed E-state index contributed by atoms with van der Waals surface area (Å²) in [5, 5.41) is 196. The summed E-state index contributed by atoms with van der Waals surface area (Å²) in [7, 11) is 11.9. The smallest absolute Gasteiger partial charge is 0.245 e. The molecule has 20 N–H and O–H groups in total. The molecule has 7 amide bonds. The zero-order valence-corrected chi connectivity index (χ0v) is 52.0. The molecule has 17 atom stereocenters. The number of amides is 7. The average Bonchev–Trinajstić information content (AvgIpc) is 3.35. The number of carbonyl (C=O) groups is 7. The van der Waals surface area contributed by atoms with Crippen LogP contribution < -0.4 is 5.32 Å². The SMILES string of the molecule is COC[C@@H](O)[C@@H](O)[C@H](O)[C@@H](O)CN(CCNC(=O)CN(C)C(=O)CN(C)C(=O)CN(C)C(=O)C(CCCN(C[C@H](O)[C@@H](O)[C@H](O)[C@H](O)CO)C[C@H](O)[C@@H](O)[C@H](O)[C@H](O)CO)N(C)C(=O)CN(C)C(=O)CN(C)C(=O)CN(C)C)C[C@H](O)[C@@H](O)[C@H](O)[C@H](O)CO. The van der Waals surface area contributed by atoms with Gasteiger partial charge in [-0.1, -0.05) is 0 Å². The van der Waals surface area contributed by atoms with Crippen molar-refractivity contribution in [2.75, 3.05) is 175 Å². The van der Waals surface area contributed by atoms with E-state index < -0.39 is 230 Å². The molecule has 522 valence electrons. The summed E-state index contributed by atoms with van der Waals surface area (Å²) in [4.78, 5) is 104. The Bertz CT molecular complexity index is 2070. The van der Waals surface area contributed by atoms with Crippen LogP contribution in [0.15, 0.2) is 0 Å². The highest BCUT2D eigenvalue weighted by atomic mass is 16.5. The quantitative estimate of drug-likeness (QED) is 0.0269. The summed E-state index contributed by atoms with van der Waals surface area (Å²) in [6.07, 6.45) is -31.9. The van der Waals surface area contributed by atoms with Crippen LogP contribution >= 0.6 is 0 Å². The summed E-state index contributed by atoms with van der Waals surface area (Å²) in [6.45, 7) is -10.0. The fourth-order valence-corrected chi connectivity index (χ4v) is 8.57. The van der Waals surface area contributed by atoms with Crippen molar-refractivity contribution in [2.24, 2.45) is 0 Å². The van der Waals surface area contributed by atoms with E-state index in [1.807, 2.05) is 0 Å². The Hall–Kier alpha value is -4.63. The van der Waals surface area contributed by atoms with E-state index in [4.69, 9.17) is 9.84 Å². The molecule has 0 fully saturated rings. The van der Waals surface area contributed by atoms with Crippen LogP contribution in [-0.4, -0.2) is 461 Å². The Morgan fingerprint density at radius 1 is 0.382 bits per heavy atom. The van der Waals surface area contributed by atoms with Gasteiger partial charge < -0.3 is 141 Å². The van der Waals surface area contributed by atoms with Gasteiger partial charge in [0.1, 0.15) is 79.3 Å². The van der Waals surface area contributed by atoms with Gasteiger partial charge in [-0.05, 0) is 33.5 Å². The van der Waals surface area contributed by atoms with Crippen molar-refractivity contribution in [3.05, 3.63) is 0 Å². The highest BCUT2D eigenvalue weighted by Gasteiger charge is 2.38. The van der Waals surface area contributed by atoms with Crippen LogP contribution in [0.4, 0.5) is 0 Å². The van der Waals surface area contributed by atoms with Gasteiger partial charge in [-0.15, -0.1) is 0 Å². The van der Waals surface area contributed by atoms with Crippen molar-refractivity contribution in [1.82, 2.24) is 49.4 Å². The molecule has 0 radical (unpaired) electrons. The first-order valence-electron chi connectivity index (χ1n) is 28.4. The molecule has 0 aromatic carbocycles. The normalized spacial score (nSPS) is 17.7. The zero-order valence-electron chi connectivity index (χ0n) is 52.0. The lowest BCUT2D eigenvalue weighted by molar-refractivity contribution is -0.149. The molecule has 0 saturated carbocycles. The highest BCUT2D eigenvalue weighted by Crippen LogP contribution is 2.17. The Morgan fingerprint density at radius 3 is 1.03 bits per heavy atom. The van der Waals surface area contributed by atoms with E-state index in [2.05, 4.69) is 5.32 Å². The van der Waals surface area contributed by atoms with Crippen molar-refractivity contribution in [1.29, 1.82) is 0 Å². The first-order chi connectivity index (χ1) is 41.3. The van der Waals surface area contributed by atoms with E-state index in [9.17, 15) is 125 Å². The van der Waals surface area contributed by atoms with Crippen LogP contribution in [0, 0.1) is 0 Å². The third-order valence-corrected chi connectivity index (χ3v) is 14.5. The molecule has 0 heterocycles. The maximum Gasteiger partial charge on any atom is 0.245 e. The van der Waals surface area contributed by atoms with Crippen molar-refractivity contribution < 1.29 is 135 Å². The second-order valence-electron chi connectivity index (χ2n) is 22.4. The number of carbonyl (C=O) groups excluding carboxylic acids is 7. The molecular weight excluding hydrogens is 1200 g/mol. The van der Waals surface area contributed by atoms with Crippen LogP contribution in [0.5, 0.6) is 0 Å². The highest BCUT2D eigenvalue weighted by molar-refractivity contribution is 5.93. The monoisotopic (exact) mass is 1300 g/mol. The minimum Gasteiger partial charge on any atom is -0.394 e. The Kier molecular flexibility index (Phi) is 40.3. The molecule has 0 rings (SSSR count). The van der Waals surface area contributed by atoms with Crippen LogP contribution in [0.1, 0.15) is 12.8 Å². The number of aliphatic hydroxyl groups excluding tert-OH is 19. The number of hydrogen-bond donors (Lipinski definition) is 20. The van der Waals surface area contributed by atoms with Gasteiger partial charge in [0.2, 0.25) is 41.4 Å². The van der Waals surface area contributed by atoms with Gasteiger partial charge in [0.25, 0.3) is 0 Å². The van der Waals surface area contributed by atoms with Crippen molar-refractivity contribution in [3.63, 3.8) is 0 Å². The van der Waals surface area contributed by atoms with E-state index in [0.717, 1.165) is 39.2 Å². The largest absolute Gasteiger partial charge is 0.394 e. The average molecular weight is 1300 g/mol.